The second-order valence-electron chi connectivity index (χ2n) is 11.1. The van der Waals surface area contributed by atoms with E-state index in [9.17, 15) is 37.5 Å². The highest BCUT2D eigenvalue weighted by Gasteiger charge is 2.44. The lowest BCUT2D eigenvalue weighted by molar-refractivity contribution is -0.157. The van der Waals surface area contributed by atoms with Gasteiger partial charge in [-0.05, 0) is 25.1 Å². The number of hydrogen-bond donors (Lipinski definition) is 4. The number of piperidine rings is 1. The molecule has 2 aromatic heterocycles. The molecule has 4 N–H and O–H groups in total. The van der Waals surface area contributed by atoms with Crippen molar-refractivity contribution in [3.63, 3.8) is 0 Å². The average Bonchev–Trinajstić information content (AvgIpc) is 3.58. The first-order chi connectivity index (χ1) is 21.6. The molecule has 2 fully saturated rings. The van der Waals surface area contributed by atoms with E-state index in [-0.39, 0.29) is 91.2 Å². The molecule has 0 saturated carbocycles. The number of aromatic nitrogens is 4. The number of nitrogens with zero attached hydrogens (tertiary/aromatic N) is 6. The van der Waals surface area contributed by atoms with E-state index >= 15 is 0 Å². The van der Waals surface area contributed by atoms with Crippen molar-refractivity contribution in [2.75, 3.05) is 44.6 Å². The van der Waals surface area contributed by atoms with Crippen molar-refractivity contribution in [2.24, 2.45) is 7.05 Å². The van der Waals surface area contributed by atoms with Crippen LogP contribution in [0.15, 0.2) is 24.4 Å². The third-order valence-corrected chi connectivity index (χ3v) is 8.55. The normalized spacial score (nSPS) is 16.8. The van der Waals surface area contributed by atoms with Crippen LogP contribution in [0, 0.1) is 6.92 Å². The van der Waals surface area contributed by atoms with E-state index in [0.717, 1.165) is 11.1 Å². The fourth-order valence-corrected chi connectivity index (χ4v) is 5.87. The van der Waals surface area contributed by atoms with Crippen molar-refractivity contribution >= 4 is 41.1 Å². The summed E-state index contributed by atoms with van der Waals surface area (Å²) in [6.07, 6.45) is -4.71. The van der Waals surface area contributed by atoms with Gasteiger partial charge in [0, 0.05) is 70.5 Å². The Bertz CT molecular complexity index is 1690. The number of aliphatic hydroxyl groups is 1. The summed E-state index contributed by atoms with van der Waals surface area (Å²) in [5, 5.41) is 28.3. The zero-order valence-corrected chi connectivity index (χ0v) is 25.4. The van der Waals surface area contributed by atoms with E-state index in [4.69, 9.17) is 16.7 Å². The molecule has 0 atom stereocenters. The SMILES string of the molecule is Cc1[nH]nc(C(F)(F)F)c1-c1cnc(C(=O)Nc2ccc(C(=O)N3CCN(C(=O)C4(O)CCN(C(=O)O)CC4)CC3)c(Cl)c2)n1C. The van der Waals surface area contributed by atoms with E-state index < -0.39 is 41.3 Å². The molecule has 1 aromatic carbocycles. The lowest BCUT2D eigenvalue weighted by Gasteiger charge is -2.41. The Morgan fingerprint density at radius 3 is 2.24 bits per heavy atom. The van der Waals surface area contributed by atoms with Crippen LogP contribution in [0.4, 0.5) is 23.7 Å². The van der Waals surface area contributed by atoms with Gasteiger partial charge < -0.3 is 34.8 Å². The summed E-state index contributed by atoms with van der Waals surface area (Å²) in [4.78, 5) is 58.5. The second kappa shape index (κ2) is 12.3. The highest BCUT2D eigenvalue weighted by molar-refractivity contribution is 6.34. The largest absolute Gasteiger partial charge is 0.465 e. The summed E-state index contributed by atoms with van der Waals surface area (Å²) in [7, 11) is 1.40. The zero-order chi connectivity index (χ0) is 33.6. The number of hydrogen-bond acceptors (Lipinski definition) is 7. The van der Waals surface area contributed by atoms with E-state index in [0.29, 0.717) is 0 Å². The Balaban J connectivity index is 1.21. The van der Waals surface area contributed by atoms with Gasteiger partial charge in [-0.3, -0.25) is 19.5 Å². The number of amides is 4. The first kappa shape index (κ1) is 32.7. The quantitative estimate of drug-likeness (QED) is 0.321. The predicted octanol–water partition coefficient (Wildman–Crippen LogP) is 2.83. The molecule has 0 bridgehead atoms. The summed E-state index contributed by atoms with van der Waals surface area (Å²) in [6, 6.07) is 4.23. The molecule has 0 aliphatic carbocycles. The molecule has 3 aromatic rings. The number of rotatable bonds is 5. The molecule has 4 heterocycles. The van der Waals surface area contributed by atoms with Crippen LogP contribution in [0.5, 0.6) is 0 Å². The minimum Gasteiger partial charge on any atom is -0.465 e. The van der Waals surface area contributed by atoms with Gasteiger partial charge in [0.25, 0.3) is 17.7 Å². The molecule has 0 spiro atoms. The van der Waals surface area contributed by atoms with Crippen LogP contribution in [0.2, 0.25) is 5.02 Å². The zero-order valence-electron chi connectivity index (χ0n) is 24.7. The maximum Gasteiger partial charge on any atom is 0.435 e. The third kappa shape index (κ3) is 6.24. The number of H-pyrrole nitrogens is 1. The number of aryl methyl sites for hydroxylation is 1. The van der Waals surface area contributed by atoms with Gasteiger partial charge in [-0.1, -0.05) is 11.6 Å². The first-order valence-electron chi connectivity index (χ1n) is 14.1. The van der Waals surface area contributed by atoms with Crippen molar-refractivity contribution in [3.8, 4) is 11.3 Å². The van der Waals surface area contributed by atoms with Gasteiger partial charge in [0.15, 0.2) is 11.5 Å². The van der Waals surface area contributed by atoms with Crippen molar-refractivity contribution in [2.45, 2.75) is 31.5 Å². The summed E-state index contributed by atoms with van der Waals surface area (Å²) < 4.78 is 41.6. The highest BCUT2D eigenvalue weighted by Crippen LogP contribution is 2.37. The molecule has 5 rings (SSSR count). The Kier molecular flexibility index (Phi) is 8.74. The molecule has 2 aliphatic rings. The first-order valence-corrected chi connectivity index (χ1v) is 14.5. The van der Waals surface area contributed by atoms with Crippen molar-refractivity contribution in [3.05, 3.63) is 52.2 Å². The Morgan fingerprint density at radius 2 is 1.65 bits per heavy atom. The van der Waals surface area contributed by atoms with Gasteiger partial charge in [-0.15, -0.1) is 0 Å². The predicted molar refractivity (Wildman–Crippen MR) is 156 cm³/mol. The van der Waals surface area contributed by atoms with Crippen LogP contribution in [-0.2, 0) is 18.0 Å². The Hall–Kier alpha value is -4.64. The van der Waals surface area contributed by atoms with Gasteiger partial charge >= 0.3 is 12.3 Å². The lowest BCUT2D eigenvalue weighted by atomic mass is 9.89. The summed E-state index contributed by atoms with van der Waals surface area (Å²) in [6.45, 7) is 2.18. The van der Waals surface area contributed by atoms with Gasteiger partial charge in [-0.2, -0.15) is 18.3 Å². The number of carboxylic acid groups (broad SMARTS) is 1. The molecule has 18 heteroatoms. The molecule has 0 unspecified atom stereocenters. The minimum absolute atomic E-state index is 0.0138. The minimum atomic E-state index is -4.72. The number of alkyl halides is 3. The Morgan fingerprint density at radius 1 is 1.02 bits per heavy atom. The number of nitrogens with one attached hydrogen (secondary N) is 2. The number of aromatic amines is 1. The maximum atomic E-state index is 13.5. The van der Waals surface area contributed by atoms with Gasteiger partial charge in [0.05, 0.1) is 28.0 Å². The molecule has 14 nitrogen and oxygen atoms in total. The van der Waals surface area contributed by atoms with Crippen LogP contribution in [0.1, 0.15) is 45.2 Å². The number of halogens is 4. The van der Waals surface area contributed by atoms with Gasteiger partial charge in [0.1, 0.15) is 5.60 Å². The van der Waals surface area contributed by atoms with Crippen molar-refractivity contribution in [1.82, 2.24) is 34.4 Å². The highest BCUT2D eigenvalue weighted by atomic mass is 35.5. The number of imidazole rings is 1. The molecule has 2 aliphatic heterocycles. The summed E-state index contributed by atoms with van der Waals surface area (Å²) >= 11 is 6.41. The molecular weight excluding hydrogens is 637 g/mol. The molecular formula is C28H30ClF3N8O6. The van der Waals surface area contributed by atoms with E-state index in [1.165, 1.54) is 46.5 Å². The number of carbonyl (C=O) groups is 4. The number of benzene rings is 1. The second-order valence-corrected chi connectivity index (χ2v) is 11.5. The number of piperazine rings is 1. The van der Waals surface area contributed by atoms with Crippen LogP contribution < -0.4 is 5.32 Å². The number of carbonyl (C=O) groups excluding carboxylic acids is 3. The van der Waals surface area contributed by atoms with E-state index in [2.05, 4.69) is 20.5 Å². The molecule has 0 radical (unpaired) electrons. The van der Waals surface area contributed by atoms with E-state index in [1.54, 1.807) is 0 Å². The lowest BCUT2D eigenvalue weighted by Crippen LogP contribution is -2.59. The molecule has 4 amide bonds. The maximum absolute atomic E-state index is 13.5. The van der Waals surface area contributed by atoms with Crippen molar-refractivity contribution in [1.29, 1.82) is 0 Å². The number of likely N-dealkylation sites (tertiary alicyclic amines) is 1. The standard InChI is InChI=1S/C28H30ClF3N8O6/c1-15-20(21(36-35-15)28(30,31)32)19-14-33-22(37(19)2)23(41)34-16-3-4-17(18(29)13-16)24(42)38-9-11-39(12-10-38)25(43)27(46)5-7-40(8-6-27)26(44)45/h3-4,13-14,46H,5-12H2,1-2H3,(H,34,41)(H,35,36)(H,44,45). The third-order valence-electron chi connectivity index (χ3n) is 8.23. The monoisotopic (exact) mass is 666 g/mol. The fourth-order valence-electron chi connectivity index (χ4n) is 5.61. The van der Waals surface area contributed by atoms with Gasteiger partial charge in [-0.25, -0.2) is 9.78 Å². The number of anilines is 1. The average molecular weight is 667 g/mol. The van der Waals surface area contributed by atoms with Crippen LogP contribution in [0.3, 0.4) is 0 Å². The summed E-state index contributed by atoms with van der Waals surface area (Å²) in [5.41, 5.74) is -2.48. The molecule has 46 heavy (non-hydrogen) atoms. The fraction of sp³-hybridized carbons (Fsp3) is 0.429. The Labute approximate surface area is 264 Å². The van der Waals surface area contributed by atoms with Crippen molar-refractivity contribution < 1.29 is 42.6 Å². The van der Waals surface area contributed by atoms with Crippen LogP contribution in [0.25, 0.3) is 11.3 Å². The summed E-state index contributed by atoms with van der Waals surface area (Å²) in [5.74, 6) is -1.81. The van der Waals surface area contributed by atoms with Crippen LogP contribution in [-0.4, -0.2) is 113 Å². The smallest absolute Gasteiger partial charge is 0.435 e. The topological polar surface area (TPSA) is 177 Å². The molecule has 246 valence electrons. The van der Waals surface area contributed by atoms with E-state index in [1.807, 2.05) is 0 Å². The van der Waals surface area contributed by atoms with Crippen LogP contribution >= 0.6 is 11.6 Å². The van der Waals surface area contributed by atoms with Gasteiger partial charge in [0.2, 0.25) is 0 Å². The molecule has 2 saturated heterocycles.